The highest BCUT2D eigenvalue weighted by Crippen LogP contribution is 2.33. The van der Waals surface area contributed by atoms with Gasteiger partial charge in [-0.2, -0.15) is 0 Å². The van der Waals surface area contributed by atoms with Gasteiger partial charge in [-0.1, -0.05) is 48.0 Å². The molecule has 2 N–H and O–H groups in total. The highest BCUT2D eigenvalue weighted by atomic mass is 16.4. The molecule has 21 heavy (non-hydrogen) atoms. The highest BCUT2D eigenvalue weighted by molar-refractivity contribution is 5.85. The summed E-state index contributed by atoms with van der Waals surface area (Å²) in [4.78, 5) is 14.5. The van der Waals surface area contributed by atoms with Crippen molar-refractivity contribution in [3.05, 3.63) is 71.4 Å². The summed E-state index contributed by atoms with van der Waals surface area (Å²) in [6.45, 7) is 2.03. The Morgan fingerprint density at radius 1 is 1.14 bits per heavy atom. The van der Waals surface area contributed by atoms with Crippen molar-refractivity contribution in [3.8, 4) is 0 Å². The molecule has 0 spiro atoms. The van der Waals surface area contributed by atoms with Gasteiger partial charge in [0.15, 0.2) is 0 Å². The molecule has 3 nitrogen and oxygen atoms in total. The number of carboxylic acid groups (broad SMARTS) is 1. The zero-order chi connectivity index (χ0) is 14.8. The topological polar surface area (TPSA) is 53.1 Å². The molecule has 1 atom stereocenters. The van der Waals surface area contributed by atoms with Crippen molar-refractivity contribution in [1.82, 2.24) is 4.98 Å². The maximum atomic E-state index is 11.3. The molecule has 1 aromatic heterocycles. The van der Waals surface area contributed by atoms with Crippen LogP contribution < -0.4 is 0 Å². The van der Waals surface area contributed by atoms with Crippen LogP contribution in [0.2, 0.25) is 0 Å². The lowest BCUT2D eigenvalue weighted by atomic mass is 9.88. The van der Waals surface area contributed by atoms with Crippen LogP contribution in [0, 0.1) is 6.92 Å². The van der Waals surface area contributed by atoms with E-state index < -0.39 is 5.97 Å². The minimum atomic E-state index is -0.786. The fourth-order valence-corrected chi connectivity index (χ4v) is 2.76. The number of para-hydroxylation sites is 1. The third-order valence-electron chi connectivity index (χ3n) is 3.86. The first-order valence-corrected chi connectivity index (χ1v) is 6.99. The molecule has 3 rings (SSSR count). The number of aliphatic carboxylic acids is 1. The summed E-state index contributed by atoms with van der Waals surface area (Å²) in [6, 6.07) is 16.1. The van der Waals surface area contributed by atoms with Gasteiger partial charge >= 0.3 is 5.97 Å². The van der Waals surface area contributed by atoms with Crippen molar-refractivity contribution in [3.63, 3.8) is 0 Å². The van der Waals surface area contributed by atoms with Crippen LogP contribution in [0.1, 0.15) is 29.0 Å². The van der Waals surface area contributed by atoms with Crippen LogP contribution in [-0.2, 0) is 4.79 Å². The van der Waals surface area contributed by atoms with E-state index in [0.29, 0.717) is 0 Å². The number of nitrogens with one attached hydrogen (secondary N) is 1. The second kappa shape index (κ2) is 5.44. The Balaban J connectivity index is 2.11. The number of H-pyrrole nitrogens is 1. The van der Waals surface area contributed by atoms with Gasteiger partial charge in [0, 0.05) is 23.0 Å². The van der Waals surface area contributed by atoms with Gasteiger partial charge in [0.05, 0.1) is 6.42 Å². The molecule has 3 aromatic rings. The third kappa shape index (κ3) is 2.68. The Morgan fingerprint density at radius 3 is 2.57 bits per heavy atom. The van der Waals surface area contributed by atoms with Crippen LogP contribution in [0.4, 0.5) is 0 Å². The van der Waals surface area contributed by atoms with E-state index in [-0.39, 0.29) is 12.3 Å². The van der Waals surface area contributed by atoms with Gasteiger partial charge in [-0.3, -0.25) is 4.79 Å². The smallest absolute Gasteiger partial charge is 0.304 e. The maximum Gasteiger partial charge on any atom is 0.304 e. The summed E-state index contributed by atoms with van der Waals surface area (Å²) in [6.07, 6.45) is 2.02. The maximum absolute atomic E-state index is 11.3. The molecule has 0 bridgehead atoms. The summed E-state index contributed by atoms with van der Waals surface area (Å²) in [7, 11) is 0. The lowest BCUT2D eigenvalue weighted by molar-refractivity contribution is -0.137. The van der Waals surface area contributed by atoms with Crippen molar-refractivity contribution >= 4 is 16.9 Å². The molecule has 106 valence electrons. The predicted octanol–water partition coefficient (Wildman–Crippen LogP) is 4.08. The Morgan fingerprint density at radius 2 is 1.86 bits per heavy atom. The summed E-state index contributed by atoms with van der Waals surface area (Å²) >= 11 is 0. The summed E-state index contributed by atoms with van der Waals surface area (Å²) < 4.78 is 0. The van der Waals surface area contributed by atoms with Crippen LogP contribution in [0.15, 0.2) is 54.7 Å². The van der Waals surface area contributed by atoms with Crippen molar-refractivity contribution in [2.45, 2.75) is 19.3 Å². The zero-order valence-corrected chi connectivity index (χ0v) is 11.8. The van der Waals surface area contributed by atoms with Crippen LogP contribution in [0.25, 0.3) is 10.9 Å². The van der Waals surface area contributed by atoms with Crippen LogP contribution in [-0.4, -0.2) is 16.1 Å². The van der Waals surface area contributed by atoms with Crippen molar-refractivity contribution in [2.75, 3.05) is 0 Å². The zero-order valence-electron chi connectivity index (χ0n) is 11.8. The van der Waals surface area contributed by atoms with E-state index in [1.807, 2.05) is 61.7 Å². The molecule has 2 aromatic carbocycles. The number of aromatic amines is 1. The number of rotatable bonds is 4. The van der Waals surface area contributed by atoms with Crippen molar-refractivity contribution in [1.29, 1.82) is 0 Å². The van der Waals surface area contributed by atoms with Gasteiger partial charge in [-0.05, 0) is 24.1 Å². The average Bonchev–Trinajstić information content (AvgIpc) is 2.89. The number of fused-ring (bicyclic) bond motifs is 1. The molecule has 0 saturated carbocycles. The highest BCUT2D eigenvalue weighted by Gasteiger charge is 2.20. The van der Waals surface area contributed by atoms with E-state index in [9.17, 15) is 9.90 Å². The number of aromatic nitrogens is 1. The fraction of sp³-hybridized carbons (Fsp3) is 0.167. The van der Waals surface area contributed by atoms with E-state index in [0.717, 1.165) is 22.0 Å². The van der Waals surface area contributed by atoms with Crippen molar-refractivity contribution in [2.24, 2.45) is 0 Å². The number of hydrogen-bond acceptors (Lipinski definition) is 1. The van der Waals surface area contributed by atoms with Gasteiger partial charge in [0.25, 0.3) is 0 Å². The molecule has 0 unspecified atom stereocenters. The molecule has 0 aliphatic carbocycles. The number of carboxylic acids is 1. The number of carbonyl (C=O) groups is 1. The summed E-state index contributed by atoms with van der Waals surface area (Å²) in [5.41, 5.74) is 4.28. The van der Waals surface area contributed by atoms with Crippen molar-refractivity contribution < 1.29 is 9.90 Å². The third-order valence-corrected chi connectivity index (χ3v) is 3.86. The van der Waals surface area contributed by atoms with Crippen LogP contribution in [0.5, 0.6) is 0 Å². The molecule has 0 aliphatic heterocycles. The molecule has 0 amide bonds. The van der Waals surface area contributed by atoms with Gasteiger partial charge < -0.3 is 10.1 Å². The van der Waals surface area contributed by atoms with E-state index in [1.54, 1.807) is 0 Å². The quantitative estimate of drug-likeness (QED) is 0.756. The first-order valence-electron chi connectivity index (χ1n) is 6.99. The van der Waals surface area contributed by atoms with Gasteiger partial charge in [-0.25, -0.2) is 0 Å². The second-order valence-corrected chi connectivity index (χ2v) is 5.35. The monoisotopic (exact) mass is 279 g/mol. The molecular weight excluding hydrogens is 262 g/mol. The normalized spacial score (nSPS) is 12.4. The largest absolute Gasteiger partial charge is 0.481 e. The number of benzene rings is 2. The van der Waals surface area contributed by atoms with E-state index in [2.05, 4.69) is 4.98 Å². The van der Waals surface area contributed by atoms with Crippen LogP contribution >= 0.6 is 0 Å². The Labute approximate surface area is 123 Å². The van der Waals surface area contributed by atoms with E-state index in [1.165, 1.54) is 5.56 Å². The van der Waals surface area contributed by atoms with E-state index >= 15 is 0 Å². The predicted molar refractivity (Wildman–Crippen MR) is 83.6 cm³/mol. The molecule has 3 heteroatoms. The fourth-order valence-electron chi connectivity index (χ4n) is 2.76. The summed E-state index contributed by atoms with van der Waals surface area (Å²) in [5.74, 6) is -0.926. The molecular formula is C18H17NO2. The second-order valence-electron chi connectivity index (χ2n) is 5.35. The molecule has 0 fully saturated rings. The molecule has 1 heterocycles. The lowest BCUT2D eigenvalue weighted by Gasteiger charge is -2.15. The number of aryl methyl sites for hydroxylation is 1. The molecule has 0 aliphatic rings. The van der Waals surface area contributed by atoms with Crippen LogP contribution in [0.3, 0.4) is 0 Å². The first-order chi connectivity index (χ1) is 10.1. The average molecular weight is 279 g/mol. The molecule has 0 radical (unpaired) electrons. The first kappa shape index (κ1) is 13.4. The minimum absolute atomic E-state index is 0.0882. The van der Waals surface area contributed by atoms with E-state index in [4.69, 9.17) is 0 Å². The number of hydrogen-bond donors (Lipinski definition) is 2. The summed E-state index contributed by atoms with van der Waals surface area (Å²) in [5, 5.41) is 10.3. The minimum Gasteiger partial charge on any atom is -0.481 e. The van der Waals surface area contributed by atoms with Gasteiger partial charge in [0.2, 0.25) is 0 Å². The SMILES string of the molecule is Cc1ccc([C@@H](CC(=O)O)c2c[nH]c3ccccc23)cc1. The molecule has 0 saturated heterocycles. The standard InChI is InChI=1S/C18H17NO2/c1-12-6-8-13(9-7-12)15(10-18(20)21)16-11-19-17-5-3-2-4-14(16)17/h2-9,11,15,19H,10H2,1H3,(H,20,21)/t15-/m1/s1. The van der Waals surface area contributed by atoms with Gasteiger partial charge in [0.1, 0.15) is 0 Å². The Bertz CT molecular complexity index is 771. The lowest BCUT2D eigenvalue weighted by Crippen LogP contribution is -2.07. The van der Waals surface area contributed by atoms with Gasteiger partial charge in [-0.15, -0.1) is 0 Å². The Hall–Kier alpha value is -2.55. The Kier molecular flexibility index (Phi) is 3.48.